The van der Waals surface area contributed by atoms with Crippen LogP contribution in [0.15, 0.2) is 18.2 Å². The highest BCUT2D eigenvalue weighted by atomic mass is 16.5. The van der Waals surface area contributed by atoms with Gasteiger partial charge in [-0.15, -0.1) is 0 Å². The quantitative estimate of drug-likeness (QED) is 0.777. The number of rotatable bonds is 4. The molecule has 0 fully saturated rings. The lowest BCUT2D eigenvalue weighted by atomic mass is 10.1. The molecule has 0 spiro atoms. The summed E-state index contributed by atoms with van der Waals surface area (Å²) < 4.78 is 5.72. The van der Waals surface area contributed by atoms with Gasteiger partial charge in [-0.05, 0) is 32.0 Å². The highest BCUT2D eigenvalue weighted by Gasteiger charge is 2.16. The van der Waals surface area contributed by atoms with Crippen molar-refractivity contribution in [1.29, 1.82) is 0 Å². The molecule has 4 heteroatoms. The molecule has 1 aliphatic heterocycles. The monoisotopic (exact) mass is 234 g/mol. The van der Waals surface area contributed by atoms with Crippen molar-refractivity contribution in [3.05, 3.63) is 23.8 Å². The molecule has 0 saturated heterocycles. The Balaban J connectivity index is 2.17. The standard InChI is InChI=1S/C13H18N2O2/c1-14-8-9-17-12-6-3-5-11-10(12)4-2-7-13(16)15-11/h3,5-6,14H,2,4,7-9H2,1H3,(H,15,16). The number of amides is 1. The molecule has 4 nitrogen and oxygen atoms in total. The van der Waals surface area contributed by atoms with E-state index in [1.807, 2.05) is 25.2 Å². The van der Waals surface area contributed by atoms with E-state index in [2.05, 4.69) is 10.6 Å². The Morgan fingerprint density at radius 3 is 3.12 bits per heavy atom. The van der Waals surface area contributed by atoms with Gasteiger partial charge in [0.25, 0.3) is 0 Å². The second-order valence-electron chi connectivity index (χ2n) is 4.14. The number of fused-ring (bicyclic) bond motifs is 1. The average molecular weight is 234 g/mol. The van der Waals surface area contributed by atoms with Crippen molar-refractivity contribution in [3.8, 4) is 5.75 Å². The zero-order valence-electron chi connectivity index (χ0n) is 10.1. The van der Waals surface area contributed by atoms with Gasteiger partial charge in [-0.25, -0.2) is 0 Å². The molecular weight excluding hydrogens is 216 g/mol. The molecule has 0 atom stereocenters. The van der Waals surface area contributed by atoms with Gasteiger partial charge < -0.3 is 15.4 Å². The number of hydrogen-bond acceptors (Lipinski definition) is 3. The fourth-order valence-corrected chi connectivity index (χ4v) is 1.98. The van der Waals surface area contributed by atoms with Crippen molar-refractivity contribution in [3.63, 3.8) is 0 Å². The van der Waals surface area contributed by atoms with Crippen molar-refractivity contribution in [2.75, 3.05) is 25.5 Å². The molecule has 0 bridgehead atoms. The Kier molecular flexibility index (Phi) is 3.98. The summed E-state index contributed by atoms with van der Waals surface area (Å²) in [5.74, 6) is 0.982. The maximum atomic E-state index is 11.5. The molecule has 0 radical (unpaired) electrons. The number of hydrogen-bond donors (Lipinski definition) is 2. The summed E-state index contributed by atoms with van der Waals surface area (Å²) in [5, 5.41) is 5.96. The Hall–Kier alpha value is -1.55. The van der Waals surface area contributed by atoms with Crippen LogP contribution in [0.25, 0.3) is 0 Å². The van der Waals surface area contributed by atoms with Gasteiger partial charge in [-0.2, -0.15) is 0 Å². The zero-order chi connectivity index (χ0) is 12.1. The van der Waals surface area contributed by atoms with Gasteiger partial charge in [-0.3, -0.25) is 4.79 Å². The minimum atomic E-state index is 0.0936. The molecule has 0 aromatic heterocycles. The number of ether oxygens (including phenoxy) is 1. The lowest BCUT2D eigenvalue weighted by Gasteiger charge is -2.13. The van der Waals surface area contributed by atoms with E-state index in [0.29, 0.717) is 13.0 Å². The normalized spacial score (nSPS) is 14.8. The molecule has 92 valence electrons. The first kappa shape index (κ1) is 11.9. The molecule has 1 heterocycles. The molecule has 0 aliphatic carbocycles. The lowest BCUT2D eigenvalue weighted by Crippen LogP contribution is -2.16. The molecule has 1 aromatic rings. The van der Waals surface area contributed by atoms with Gasteiger partial charge >= 0.3 is 0 Å². The third kappa shape index (κ3) is 2.97. The number of carbonyl (C=O) groups excluding carboxylic acids is 1. The predicted octanol–water partition coefficient (Wildman–Crippen LogP) is 1.56. The van der Waals surface area contributed by atoms with E-state index in [0.717, 1.165) is 36.4 Å². The lowest BCUT2D eigenvalue weighted by molar-refractivity contribution is -0.116. The van der Waals surface area contributed by atoms with Gasteiger partial charge in [0.05, 0.1) is 0 Å². The molecule has 2 rings (SSSR count). The van der Waals surface area contributed by atoms with Crippen LogP contribution >= 0.6 is 0 Å². The van der Waals surface area contributed by atoms with E-state index >= 15 is 0 Å². The minimum Gasteiger partial charge on any atom is -0.492 e. The van der Waals surface area contributed by atoms with Crippen molar-refractivity contribution in [1.82, 2.24) is 5.32 Å². The summed E-state index contributed by atoms with van der Waals surface area (Å²) in [5.41, 5.74) is 2.02. The van der Waals surface area contributed by atoms with Gasteiger partial charge in [0.2, 0.25) is 5.91 Å². The van der Waals surface area contributed by atoms with Crippen LogP contribution < -0.4 is 15.4 Å². The molecule has 1 aliphatic rings. The Morgan fingerprint density at radius 1 is 1.41 bits per heavy atom. The highest BCUT2D eigenvalue weighted by molar-refractivity contribution is 5.92. The first-order valence-electron chi connectivity index (χ1n) is 6.00. The Labute approximate surface area is 101 Å². The van der Waals surface area contributed by atoms with E-state index in [1.54, 1.807) is 0 Å². The van der Waals surface area contributed by atoms with Crippen molar-refractivity contribution in [2.24, 2.45) is 0 Å². The number of anilines is 1. The molecule has 17 heavy (non-hydrogen) atoms. The molecule has 0 saturated carbocycles. The van der Waals surface area contributed by atoms with Crippen molar-refractivity contribution < 1.29 is 9.53 Å². The first-order chi connectivity index (χ1) is 8.31. The molecule has 1 aromatic carbocycles. The Morgan fingerprint density at radius 2 is 2.29 bits per heavy atom. The smallest absolute Gasteiger partial charge is 0.224 e. The van der Waals surface area contributed by atoms with E-state index < -0.39 is 0 Å². The van der Waals surface area contributed by atoms with Crippen LogP contribution in [-0.4, -0.2) is 26.1 Å². The number of carbonyl (C=O) groups is 1. The third-order valence-corrected chi connectivity index (χ3v) is 2.85. The molecular formula is C13H18N2O2. The second kappa shape index (κ2) is 5.68. The van der Waals surface area contributed by atoms with Gasteiger partial charge in [0, 0.05) is 24.2 Å². The largest absolute Gasteiger partial charge is 0.492 e. The number of likely N-dealkylation sites (N-methyl/N-ethyl adjacent to an activating group) is 1. The molecule has 1 amide bonds. The summed E-state index contributed by atoms with van der Waals surface area (Å²) in [7, 11) is 1.90. The topological polar surface area (TPSA) is 50.4 Å². The highest BCUT2D eigenvalue weighted by Crippen LogP contribution is 2.30. The molecule has 2 N–H and O–H groups in total. The second-order valence-corrected chi connectivity index (χ2v) is 4.14. The van der Waals surface area contributed by atoms with E-state index in [4.69, 9.17) is 4.74 Å². The van der Waals surface area contributed by atoms with Gasteiger partial charge in [0.15, 0.2) is 0 Å². The molecule has 0 unspecified atom stereocenters. The summed E-state index contributed by atoms with van der Waals surface area (Å²) >= 11 is 0. The van der Waals surface area contributed by atoms with Crippen LogP contribution in [0, 0.1) is 0 Å². The zero-order valence-corrected chi connectivity index (χ0v) is 10.1. The maximum Gasteiger partial charge on any atom is 0.224 e. The number of benzene rings is 1. The van der Waals surface area contributed by atoms with Crippen LogP contribution in [0.2, 0.25) is 0 Å². The average Bonchev–Trinajstić information content (AvgIpc) is 2.50. The summed E-state index contributed by atoms with van der Waals surface area (Å²) in [6, 6.07) is 5.81. The van der Waals surface area contributed by atoms with Crippen molar-refractivity contribution >= 4 is 11.6 Å². The fourth-order valence-electron chi connectivity index (χ4n) is 1.98. The van der Waals surface area contributed by atoms with Crippen LogP contribution in [0.1, 0.15) is 18.4 Å². The maximum absolute atomic E-state index is 11.5. The summed E-state index contributed by atoms with van der Waals surface area (Å²) in [6.07, 6.45) is 2.36. The van der Waals surface area contributed by atoms with E-state index in [1.165, 1.54) is 0 Å². The number of nitrogens with one attached hydrogen (secondary N) is 2. The summed E-state index contributed by atoms with van der Waals surface area (Å²) in [6.45, 7) is 1.46. The summed E-state index contributed by atoms with van der Waals surface area (Å²) in [4.78, 5) is 11.5. The van der Waals surface area contributed by atoms with Crippen LogP contribution in [0.5, 0.6) is 5.75 Å². The van der Waals surface area contributed by atoms with E-state index in [-0.39, 0.29) is 5.91 Å². The van der Waals surface area contributed by atoms with Crippen LogP contribution in [-0.2, 0) is 11.2 Å². The predicted molar refractivity (Wildman–Crippen MR) is 67.4 cm³/mol. The minimum absolute atomic E-state index is 0.0936. The fraction of sp³-hybridized carbons (Fsp3) is 0.462. The van der Waals surface area contributed by atoms with Gasteiger partial charge in [0.1, 0.15) is 12.4 Å². The van der Waals surface area contributed by atoms with Crippen LogP contribution in [0.4, 0.5) is 5.69 Å². The first-order valence-corrected chi connectivity index (χ1v) is 6.00. The third-order valence-electron chi connectivity index (χ3n) is 2.85. The van der Waals surface area contributed by atoms with E-state index in [9.17, 15) is 4.79 Å². The van der Waals surface area contributed by atoms with Crippen LogP contribution in [0.3, 0.4) is 0 Å². The SMILES string of the molecule is CNCCOc1cccc2c1CCCC(=O)N2. The Bertz CT molecular complexity index is 404. The van der Waals surface area contributed by atoms with Crippen molar-refractivity contribution in [2.45, 2.75) is 19.3 Å². The van der Waals surface area contributed by atoms with Gasteiger partial charge in [-0.1, -0.05) is 6.07 Å².